The Bertz CT molecular complexity index is 586. The van der Waals surface area contributed by atoms with Gasteiger partial charge in [0, 0.05) is 0 Å². The van der Waals surface area contributed by atoms with E-state index in [0.717, 1.165) is 16.7 Å². The molecule has 23 heavy (non-hydrogen) atoms. The Morgan fingerprint density at radius 1 is 0.783 bits per heavy atom. The Kier molecular flexibility index (Phi) is 5.78. The molecular formula is C16H24HfO6. The average Bonchev–Trinajstić information content (AvgIpc) is 2.47. The van der Waals surface area contributed by atoms with Crippen LogP contribution in [0.5, 0.6) is 0 Å². The van der Waals surface area contributed by atoms with Crippen LogP contribution in [0.1, 0.15) is 55.4 Å². The third-order valence-electron chi connectivity index (χ3n) is 4.20. The van der Waals surface area contributed by atoms with Crippen molar-refractivity contribution in [1.29, 1.82) is 0 Å². The van der Waals surface area contributed by atoms with Gasteiger partial charge in [0.2, 0.25) is 0 Å². The number of hydrogen-bond acceptors (Lipinski definition) is 6. The molecule has 0 N–H and O–H groups in total. The van der Waals surface area contributed by atoms with Crippen molar-refractivity contribution in [3.05, 3.63) is 20.0 Å². The zero-order chi connectivity index (χ0) is 18.2. The summed E-state index contributed by atoms with van der Waals surface area (Å²) in [5.41, 5.74) is 2.44. The van der Waals surface area contributed by atoms with Crippen LogP contribution in [0.15, 0.2) is 20.0 Å². The molecule has 6 nitrogen and oxygen atoms in total. The van der Waals surface area contributed by atoms with E-state index >= 15 is 0 Å². The standard InChI is InChI=1S/C10H15.3C2H4O2.Hf/c1-7-6-10(4,5)9(3)8(7)2;3*1-2(3)4;/h1-5H3;3*1H3,(H,3,4);/q;;;;+3/p-3. The first-order chi connectivity index (χ1) is 10.3. The average molecular weight is 491 g/mol. The van der Waals surface area contributed by atoms with Crippen LogP contribution < -0.4 is 0 Å². The number of carbonyl (C=O) groups is 3. The summed E-state index contributed by atoms with van der Waals surface area (Å²) in [5, 5.41) is 0. The van der Waals surface area contributed by atoms with Gasteiger partial charge in [-0.25, -0.2) is 0 Å². The van der Waals surface area contributed by atoms with Crippen molar-refractivity contribution >= 4 is 17.9 Å². The van der Waals surface area contributed by atoms with Crippen molar-refractivity contribution in [2.75, 3.05) is 0 Å². The van der Waals surface area contributed by atoms with Gasteiger partial charge in [-0.15, -0.1) is 0 Å². The Balaban J connectivity index is 3.65. The first-order valence-corrected chi connectivity index (χ1v) is 13.5. The molecule has 0 aromatic heterocycles. The number of rotatable bonds is 4. The summed E-state index contributed by atoms with van der Waals surface area (Å²) in [6, 6.07) is 0. The first-order valence-electron chi connectivity index (χ1n) is 7.34. The van der Waals surface area contributed by atoms with Crippen LogP contribution in [0.25, 0.3) is 0 Å². The van der Waals surface area contributed by atoms with E-state index in [1.807, 2.05) is 34.6 Å². The van der Waals surface area contributed by atoms with Crippen LogP contribution in [0.3, 0.4) is 0 Å². The van der Waals surface area contributed by atoms with Crippen LogP contribution in [-0.2, 0) is 44.2 Å². The summed E-state index contributed by atoms with van der Waals surface area (Å²) in [5.74, 6) is -1.90. The van der Waals surface area contributed by atoms with E-state index < -0.39 is 44.6 Å². The molecule has 0 aromatic carbocycles. The molecule has 0 saturated carbocycles. The first kappa shape index (κ1) is 19.8. The van der Waals surface area contributed by atoms with E-state index in [1.165, 1.54) is 20.8 Å². The monoisotopic (exact) mass is 492 g/mol. The summed E-state index contributed by atoms with van der Waals surface area (Å²) < 4.78 is 17.0. The molecule has 1 aliphatic carbocycles. The third kappa shape index (κ3) is 3.82. The van der Waals surface area contributed by atoms with Crippen molar-refractivity contribution in [2.45, 2.75) is 55.4 Å². The van der Waals surface area contributed by atoms with Gasteiger partial charge in [0.25, 0.3) is 0 Å². The van der Waals surface area contributed by atoms with Gasteiger partial charge >= 0.3 is 143 Å². The second kappa shape index (κ2) is 6.71. The predicted molar refractivity (Wildman–Crippen MR) is 80.2 cm³/mol. The van der Waals surface area contributed by atoms with Gasteiger partial charge in [-0.05, 0) is 0 Å². The van der Waals surface area contributed by atoms with Crippen molar-refractivity contribution in [3.63, 3.8) is 0 Å². The maximum atomic E-state index is 11.7. The minimum absolute atomic E-state index is 0.518. The number of carbonyl (C=O) groups excluding carboxylic acids is 3. The van der Waals surface area contributed by atoms with Gasteiger partial charge in [0.1, 0.15) is 0 Å². The molecule has 1 aliphatic rings. The van der Waals surface area contributed by atoms with E-state index in [9.17, 15) is 14.4 Å². The maximum absolute atomic E-state index is 11.7. The van der Waals surface area contributed by atoms with E-state index in [4.69, 9.17) is 8.56 Å². The molecule has 0 atom stereocenters. The minimum atomic E-state index is -5.15. The SMILES string of the molecule is CC(=O)[O][Hf]([O]C(C)=O)([O]C(C)=O)[C]1=C(C)C(C)=C(C)C1(C)C. The molecule has 0 fully saturated rings. The van der Waals surface area contributed by atoms with E-state index in [2.05, 4.69) is 0 Å². The van der Waals surface area contributed by atoms with Gasteiger partial charge < -0.3 is 0 Å². The van der Waals surface area contributed by atoms with Gasteiger partial charge in [0.15, 0.2) is 0 Å². The molecule has 0 amide bonds. The fourth-order valence-corrected chi connectivity index (χ4v) is 14.4. The molecule has 0 saturated heterocycles. The Hall–Kier alpha value is -1.24. The molecule has 0 bridgehead atoms. The van der Waals surface area contributed by atoms with Crippen LogP contribution in [0, 0.1) is 5.41 Å². The molecular weight excluding hydrogens is 467 g/mol. The van der Waals surface area contributed by atoms with Crippen molar-refractivity contribution in [3.8, 4) is 0 Å². The number of allylic oxidation sites excluding steroid dienone is 4. The molecule has 0 aromatic rings. The topological polar surface area (TPSA) is 78.9 Å². The number of hydrogen-bond donors (Lipinski definition) is 0. The Morgan fingerprint density at radius 3 is 1.35 bits per heavy atom. The Labute approximate surface area is 143 Å². The molecule has 0 unspecified atom stereocenters. The normalized spacial score (nSPS) is 17.2. The molecule has 128 valence electrons. The van der Waals surface area contributed by atoms with Crippen molar-refractivity contribution in [1.82, 2.24) is 0 Å². The molecule has 0 aliphatic heterocycles. The van der Waals surface area contributed by atoms with E-state index in [0.29, 0.717) is 3.33 Å². The molecule has 0 spiro atoms. The summed E-state index contributed by atoms with van der Waals surface area (Å²) in [7, 11) is 0. The molecule has 0 heterocycles. The summed E-state index contributed by atoms with van der Waals surface area (Å²) >= 11 is -5.15. The van der Waals surface area contributed by atoms with Crippen LogP contribution in [0.4, 0.5) is 0 Å². The quantitative estimate of drug-likeness (QED) is 0.563. The van der Waals surface area contributed by atoms with Gasteiger partial charge in [0.05, 0.1) is 0 Å². The zero-order valence-electron chi connectivity index (χ0n) is 14.9. The fourth-order valence-electron chi connectivity index (χ4n) is 2.99. The van der Waals surface area contributed by atoms with Crippen molar-refractivity contribution in [2.24, 2.45) is 5.41 Å². The summed E-state index contributed by atoms with van der Waals surface area (Å²) in [4.78, 5) is 35.0. The molecule has 7 heteroatoms. The summed E-state index contributed by atoms with van der Waals surface area (Å²) in [6.45, 7) is 13.3. The summed E-state index contributed by atoms with van der Waals surface area (Å²) in [6.07, 6.45) is 0. The Morgan fingerprint density at radius 2 is 1.13 bits per heavy atom. The zero-order valence-corrected chi connectivity index (χ0v) is 18.5. The second-order valence-corrected chi connectivity index (χ2v) is 14.2. The van der Waals surface area contributed by atoms with Crippen LogP contribution in [0.2, 0.25) is 0 Å². The van der Waals surface area contributed by atoms with Crippen LogP contribution in [-0.4, -0.2) is 17.9 Å². The fraction of sp³-hybridized carbons (Fsp3) is 0.562. The van der Waals surface area contributed by atoms with Crippen LogP contribution >= 0.6 is 0 Å². The third-order valence-corrected chi connectivity index (χ3v) is 16.0. The van der Waals surface area contributed by atoms with Gasteiger partial charge in [-0.2, -0.15) is 0 Å². The predicted octanol–water partition coefficient (Wildman–Crippen LogP) is 3.22. The van der Waals surface area contributed by atoms with E-state index in [1.54, 1.807) is 0 Å². The molecule has 1 rings (SSSR count). The second-order valence-electron chi connectivity index (χ2n) is 6.21. The van der Waals surface area contributed by atoms with Gasteiger partial charge in [-0.1, -0.05) is 0 Å². The van der Waals surface area contributed by atoms with Gasteiger partial charge in [-0.3, -0.25) is 0 Å². The molecule has 0 radical (unpaired) electrons. The van der Waals surface area contributed by atoms with Crippen molar-refractivity contribution < 1.29 is 44.2 Å². The van der Waals surface area contributed by atoms with E-state index in [-0.39, 0.29) is 0 Å².